The minimum Gasteiger partial charge on any atom is -0.476 e. The molecular weight excluding hydrogens is 220 g/mol. The monoisotopic (exact) mass is 236 g/mol. The summed E-state index contributed by atoms with van der Waals surface area (Å²) in [7, 11) is 0. The molecule has 0 bridgehead atoms. The van der Waals surface area contributed by atoms with E-state index in [4.69, 9.17) is 5.11 Å². The van der Waals surface area contributed by atoms with E-state index in [0.29, 0.717) is 0 Å². The van der Waals surface area contributed by atoms with Gasteiger partial charge in [0.05, 0.1) is 12.2 Å². The highest BCUT2D eigenvalue weighted by Crippen LogP contribution is 2.20. The van der Waals surface area contributed by atoms with Crippen LogP contribution in [0.1, 0.15) is 29.4 Å². The van der Waals surface area contributed by atoms with Gasteiger partial charge in [-0.25, -0.2) is 9.48 Å². The lowest BCUT2D eigenvalue weighted by Gasteiger charge is -2.38. The molecule has 2 heterocycles. The molecule has 1 aromatic heterocycles. The van der Waals surface area contributed by atoms with Crippen LogP contribution >= 0.6 is 0 Å². The number of carboxylic acids is 1. The first kappa shape index (κ1) is 11.8. The minimum absolute atomic E-state index is 0.00936. The van der Waals surface area contributed by atoms with Crippen LogP contribution in [0.4, 0.5) is 0 Å². The van der Waals surface area contributed by atoms with Crippen LogP contribution in [0.5, 0.6) is 0 Å². The zero-order valence-corrected chi connectivity index (χ0v) is 9.62. The van der Waals surface area contributed by atoms with Gasteiger partial charge in [-0.1, -0.05) is 11.3 Å². The Labute approximate surface area is 99.5 Å². The number of rotatable bonds is 6. The lowest BCUT2D eigenvalue weighted by Crippen LogP contribution is -2.48. The average Bonchev–Trinajstić information content (AvgIpc) is 2.70. The lowest BCUT2D eigenvalue weighted by atomic mass is 10.1. The zero-order chi connectivity index (χ0) is 12.3. The Morgan fingerprint density at radius 3 is 3.00 bits per heavy atom. The summed E-state index contributed by atoms with van der Waals surface area (Å²) in [6.45, 7) is 6.58. The molecule has 0 unspecified atom stereocenters. The fourth-order valence-corrected chi connectivity index (χ4v) is 1.90. The maximum absolute atomic E-state index is 10.6. The quantitative estimate of drug-likeness (QED) is 0.584. The van der Waals surface area contributed by atoms with Crippen LogP contribution in [0.25, 0.3) is 0 Å². The van der Waals surface area contributed by atoms with Gasteiger partial charge in [0.25, 0.3) is 0 Å². The van der Waals surface area contributed by atoms with Gasteiger partial charge in [-0.3, -0.25) is 4.90 Å². The molecule has 0 amide bonds. The summed E-state index contributed by atoms with van der Waals surface area (Å²) in [6.07, 6.45) is 5.57. The highest BCUT2D eigenvalue weighted by molar-refractivity contribution is 5.84. The van der Waals surface area contributed by atoms with E-state index in [1.54, 1.807) is 4.68 Å². The molecule has 1 N–H and O–H groups in total. The summed E-state index contributed by atoms with van der Waals surface area (Å²) < 4.78 is 1.65. The van der Waals surface area contributed by atoms with Gasteiger partial charge >= 0.3 is 5.97 Å². The molecule has 0 radical (unpaired) electrons. The third-order valence-electron chi connectivity index (χ3n) is 2.92. The van der Waals surface area contributed by atoms with Crippen molar-refractivity contribution in [1.29, 1.82) is 0 Å². The molecule has 0 aromatic carbocycles. The molecule has 0 aliphatic carbocycles. The highest BCUT2D eigenvalue weighted by atomic mass is 16.4. The number of hydrogen-bond donors (Lipinski definition) is 1. The molecule has 1 aromatic rings. The van der Waals surface area contributed by atoms with Gasteiger partial charge in [0.1, 0.15) is 0 Å². The predicted molar refractivity (Wildman–Crippen MR) is 61.9 cm³/mol. The second kappa shape index (κ2) is 5.09. The topological polar surface area (TPSA) is 71.2 Å². The van der Waals surface area contributed by atoms with E-state index in [9.17, 15) is 4.79 Å². The number of hydrogen-bond acceptors (Lipinski definition) is 4. The fraction of sp³-hybridized carbons (Fsp3) is 0.545. The van der Waals surface area contributed by atoms with Gasteiger partial charge in [-0.2, -0.15) is 0 Å². The summed E-state index contributed by atoms with van der Waals surface area (Å²) in [5.41, 5.74) is 0.00936. The molecule has 92 valence electrons. The van der Waals surface area contributed by atoms with Gasteiger partial charge in [-0.05, 0) is 19.4 Å². The second-order valence-corrected chi connectivity index (χ2v) is 4.23. The summed E-state index contributed by atoms with van der Waals surface area (Å²) in [5, 5.41) is 16.2. The number of likely N-dealkylation sites (tertiary alicyclic amines) is 1. The molecule has 0 spiro atoms. The van der Waals surface area contributed by atoms with E-state index in [0.717, 1.165) is 32.5 Å². The normalized spacial score (nSPS) is 16.7. The first-order valence-electron chi connectivity index (χ1n) is 5.69. The maximum atomic E-state index is 10.6. The van der Waals surface area contributed by atoms with E-state index in [1.807, 2.05) is 6.08 Å². The highest BCUT2D eigenvalue weighted by Gasteiger charge is 2.28. The summed E-state index contributed by atoms with van der Waals surface area (Å²) >= 11 is 0. The SMILES string of the molecule is C=CCCCN1CC(n2cc(C(=O)O)nn2)C1. The Balaban J connectivity index is 1.78. The van der Waals surface area contributed by atoms with Crippen molar-refractivity contribution in [3.8, 4) is 0 Å². The number of aromatic carboxylic acids is 1. The first-order chi connectivity index (χ1) is 8.20. The van der Waals surface area contributed by atoms with Crippen LogP contribution in [0, 0.1) is 0 Å². The van der Waals surface area contributed by atoms with E-state index >= 15 is 0 Å². The first-order valence-corrected chi connectivity index (χ1v) is 5.69. The molecule has 1 fully saturated rings. The van der Waals surface area contributed by atoms with Crippen molar-refractivity contribution >= 4 is 5.97 Å². The van der Waals surface area contributed by atoms with Crippen molar-refractivity contribution in [3.63, 3.8) is 0 Å². The van der Waals surface area contributed by atoms with Gasteiger partial charge in [0.2, 0.25) is 0 Å². The van der Waals surface area contributed by atoms with E-state index in [2.05, 4.69) is 21.8 Å². The van der Waals surface area contributed by atoms with E-state index in [1.165, 1.54) is 6.20 Å². The lowest BCUT2D eigenvalue weighted by molar-refractivity contribution is 0.0690. The van der Waals surface area contributed by atoms with Crippen molar-refractivity contribution in [2.75, 3.05) is 19.6 Å². The number of allylic oxidation sites excluding steroid dienone is 1. The maximum Gasteiger partial charge on any atom is 0.358 e. The fourth-order valence-electron chi connectivity index (χ4n) is 1.90. The standard InChI is InChI=1S/C11H16N4O2/c1-2-3-4-5-14-6-9(7-14)15-8-10(11(16)17)12-13-15/h2,8-9H,1,3-7H2,(H,16,17). The van der Waals surface area contributed by atoms with Gasteiger partial charge < -0.3 is 5.11 Å². The number of aromatic nitrogens is 3. The summed E-state index contributed by atoms with van der Waals surface area (Å²) in [6, 6.07) is 0.263. The third-order valence-corrected chi connectivity index (χ3v) is 2.92. The van der Waals surface area contributed by atoms with Crippen LogP contribution in [0.15, 0.2) is 18.9 Å². The average molecular weight is 236 g/mol. The number of carbonyl (C=O) groups is 1. The van der Waals surface area contributed by atoms with Crippen LogP contribution in [0.2, 0.25) is 0 Å². The van der Waals surface area contributed by atoms with Gasteiger partial charge in [0.15, 0.2) is 5.69 Å². The molecule has 1 saturated heterocycles. The minimum atomic E-state index is -1.03. The van der Waals surface area contributed by atoms with Crippen LogP contribution < -0.4 is 0 Å². The third kappa shape index (κ3) is 2.71. The Morgan fingerprint density at radius 2 is 2.41 bits per heavy atom. The van der Waals surface area contributed by atoms with Crippen molar-refractivity contribution < 1.29 is 9.90 Å². The number of nitrogens with zero attached hydrogens (tertiary/aromatic N) is 4. The number of unbranched alkanes of at least 4 members (excludes halogenated alkanes) is 1. The largest absolute Gasteiger partial charge is 0.476 e. The molecule has 6 nitrogen and oxygen atoms in total. The number of carboxylic acid groups (broad SMARTS) is 1. The van der Waals surface area contributed by atoms with Gasteiger partial charge in [-0.15, -0.1) is 11.7 Å². The van der Waals surface area contributed by atoms with E-state index < -0.39 is 5.97 Å². The molecule has 1 aliphatic heterocycles. The second-order valence-electron chi connectivity index (χ2n) is 4.23. The van der Waals surface area contributed by atoms with Crippen LogP contribution in [0.3, 0.4) is 0 Å². The summed E-state index contributed by atoms with van der Waals surface area (Å²) in [5.74, 6) is -1.03. The van der Waals surface area contributed by atoms with Crippen LogP contribution in [-0.2, 0) is 0 Å². The Kier molecular flexibility index (Phi) is 3.53. The molecule has 0 atom stereocenters. The van der Waals surface area contributed by atoms with Gasteiger partial charge in [0, 0.05) is 13.1 Å². The van der Waals surface area contributed by atoms with Crippen molar-refractivity contribution in [2.24, 2.45) is 0 Å². The molecule has 1 aliphatic rings. The Bertz CT molecular complexity index is 409. The molecule has 2 rings (SSSR count). The molecule has 6 heteroatoms. The van der Waals surface area contributed by atoms with Crippen molar-refractivity contribution in [2.45, 2.75) is 18.9 Å². The van der Waals surface area contributed by atoms with Crippen molar-refractivity contribution in [1.82, 2.24) is 19.9 Å². The Morgan fingerprint density at radius 1 is 1.65 bits per heavy atom. The molecular formula is C11H16N4O2. The van der Waals surface area contributed by atoms with E-state index in [-0.39, 0.29) is 11.7 Å². The Hall–Kier alpha value is -1.69. The molecule has 0 saturated carbocycles. The zero-order valence-electron chi connectivity index (χ0n) is 9.62. The molecule has 17 heavy (non-hydrogen) atoms. The van der Waals surface area contributed by atoms with Crippen LogP contribution in [-0.4, -0.2) is 50.6 Å². The summed E-state index contributed by atoms with van der Waals surface area (Å²) in [4.78, 5) is 13.0. The predicted octanol–water partition coefficient (Wildman–Crippen LogP) is 0.799. The smallest absolute Gasteiger partial charge is 0.358 e. The van der Waals surface area contributed by atoms with Crippen molar-refractivity contribution in [3.05, 3.63) is 24.5 Å².